The van der Waals surface area contributed by atoms with E-state index in [0.29, 0.717) is 4.88 Å². The van der Waals surface area contributed by atoms with Crippen LogP contribution in [0.4, 0.5) is 0 Å². The molecule has 4 heteroatoms. The van der Waals surface area contributed by atoms with Gasteiger partial charge in [-0.3, -0.25) is 4.79 Å². The minimum absolute atomic E-state index is 0.0646. The molecule has 0 atom stereocenters. The Bertz CT molecular complexity index is 1250. The van der Waals surface area contributed by atoms with Gasteiger partial charge in [0.2, 0.25) is 0 Å². The highest BCUT2D eigenvalue weighted by Gasteiger charge is 2.19. The summed E-state index contributed by atoms with van der Waals surface area (Å²) >= 11 is 1.52. The Morgan fingerprint density at radius 2 is 1.47 bits per heavy atom. The van der Waals surface area contributed by atoms with Gasteiger partial charge in [-0.05, 0) is 35.4 Å². The van der Waals surface area contributed by atoms with Crippen molar-refractivity contribution in [3.63, 3.8) is 0 Å². The van der Waals surface area contributed by atoms with Crippen molar-refractivity contribution in [3.05, 3.63) is 119 Å². The van der Waals surface area contributed by atoms with Gasteiger partial charge >= 0.3 is 0 Å². The van der Waals surface area contributed by atoms with E-state index < -0.39 is 0 Å². The molecule has 146 valence electrons. The van der Waals surface area contributed by atoms with Crippen molar-refractivity contribution in [3.8, 4) is 10.4 Å². The van der Waals surface area contributed by atoms with E-state index in [0.717, 1.165) is 32.5 Å². The van der Waals surface area contributed by atoms with Crippen LogP contribution < -0.4 is 5.32 Å². The number of carbonyl (C=O) groups is 1. The number of rotatable bonds is 5. The largest absolute Gasteiger partial charge is 0.361 e. The van der Waals surface area contributed by atoms with Crippen molar-refractivity contribution >= 4 is 28.1 Å². The van der Waals surface area contributed by atoms with Gasteiger partial charge in [0.05, 0.1) is 10.9 Å². The van der Waals surface area contributed by atoms with Crippen LogP contribution in [0.2, 0.25) is 0 Å². The van der Waals surface area contributed by atoms with Crippen LogP contribution in [0.1, 0.15) is 26.8 Å². The highest BCUT2D eigenvalue weighted by molar-refractivity contribution is 7.17. The number of fused-ring (bicyclic) bond motifs is 1. The monoisotopic (exact) mass is 408 g/mol. The lowest BCUT2D eigenvalue weighted by atomic mass is 9.98. The summed E-state index contributed by atoms with van der Waals surface area (Å²) in [5.74, 6) is -0.0646. The van der Waals surface area contributed by atoms with Crippen molar-refractivity contribution in [2.75, 3.05) is 0 Å². The van der Waals surface area contributed by atoms with Crippen molar-refractivity contribution in [2.24, 2.45) is 0 Å². The molecule has 1 amide bonds. The zero-order chi connectivity index (χ0) is 20.3. The molecule has 0 saturated carbocycles. The van der Waals surface area contributed by atoms with Crippen LogP contribution >= 0.6 is 11.3 Å². The second kappa shape index (κ2) is 8.01. The lowest BCUT2D eigenvalue weighted by Crippen LogP contribution is -2.28. The fourth-order valence-corrected chi connectivity index (χ4v) is 4.71. The summed E-state index contributed by atoms with van der Waals surface area (Å²) in [5, 5.41) is 4.39. The number of carbonyl (C=O) groups excluding carboxylic acids is 1. The number of H-pyrrole nitrogens is 1. The molecule has 0 radical (unpaired) electrons. The average Bonchev–Trinajstić information content (AvgIpc) is 3.48. The molecule has 3 aromatic carbocycles. The summed E-state index contributed by atoms with van der Waals surface area (Å²) in [6.07, 6.45) is 1.94. The molecule has 0 fully saturated rings. The number of aromatic nitrogens is 1. The van der Waals surface area contributed by atoms with E-state index >= 15 is 0 Å². The lowest BCUT2D eigenvalue weighted by molar-refractivity contribution is 0.0947. The molecular formula is C26H20N2OS. The number of nitrogens with one attached hydrogen (secondary N) is 2. The Morgan fingerprint density at radius 1 is 0.767 bits per heavy atom. The van der Waals surface area contributed by atoms with Gasteiger partial charge in [-0.1, -0.05) is 72.8 Å². The first-order chi connectivity index (χ1) is 14.8. The van der Waals surface area contributed by atoms with E-state index in [4.69, 9.17) is 0 Å². The molecular weight excluding hydrogens is 388 g/mol. The highest BCUT2D eigenvalue weighted by Crippen LogP contribution is 2.34. The minimum atomic E-state index is -0.196. The summed E-state index contributed by atoms with van der Waals surface area (Å²) < 4.78 is 0. The van der Waals surface area contributed by atoms with Gasteiger partial charge in [-0.2, -0.15) is 0 Å². The molecule has 5 rings (SSSR count). The third kappa shape index (κ3) is 3.53. The third-order valence-corrected chi connectivity index (χ3v) is 6.35. The van der Waals surface area contributed by atoms with Crippen LogP contribution in [0.5, 0.6) is 0 Å². The quantitative estimate of drug-likeness (QED) is 0.346. The smallest absolute Gasteiger partial charge is 0.262 e. The summed E-state index contributed by atoms with van der Waals surface area (Å²) in [6, 6.07) is 32.2. The van der Waals surface area contributed by atoms with Gasteiger partial charge in [-0.15, -0.1) is 11.3 Å². The number of benzene rings is 3. The van der Waals surface area contributed by atoms with Crippen LogP contribution in [-0.2, 0) is 0 Å². The first-order valence-electron chi connectivity index (χ1n) is 9.87. The van der Waals surface area contributed by atoms with Gasteiger partial charge in [-0.25, -0.2) is 0 Å². The predicted octanol–water partition coefficient (Wildman–Crippen LogP) is 6.42. The van der Waals surface area contributed by atoms with Gasteiger partial charge in [0, 0.05) is 27.5 Å². The Kier molecular flexibility index (Phi) is 4.91. The fourth-order valence-electron chi connectivity index (χ4n) is 3.76. The summed E-state index contributed by atoms with van der Waals surface area (Å²) in [5.41, 5.74) is 4.36. The normalized spacial score (nSPS) is 11.1. The fraction of sp³-hybridized carbons (Fsp3) is 0.0385. The van der Waals surface area contributed by atoms with E-state index in [1.165, 1.54) is 11.3 Å². The van der Waals surface area contributed by atoms with Crippen LogP contribution in [-0.4, -0.2) is 10.9 Å². The van der Waals surface area contributed by atoms with E-state index in [1.54, 1.807) is 0 Å². The van der Waals surface area contributed by atoms with Crippen molar-refractivity contribution < 1.29 is 4.79 Å². The molecule has 0 aliphatic heterocycles. The number of amides is 1. The van der Waals surface area contributed by atoms with Gasteiger partial charge in [0.1, 0.15) is 0 Å². The maximum Gasteiger partial charge on any atom is 0.262 e. The Labute approximate surface area is 179 Å². The number of hydrogen-bond donors (Lipinski definition) is 2. The Morgan fingerprint density at radius 3 is 2.17 bits per heavy atom. The van der Waals surface area contributed by atoms with Crippen LogP contribution in [0.15, 0.2) is 103 Å². The molecule has 0 unspecified atom stereocenters. The molecule has 0 bridgehead atoms. The lowest BCUT2D eigenvalue weighted by Gasteiger charge is -2.19. The van der Waals surface area contributed by atoms with Gasteiger partial charge in [0.25, 0.3) is 5.91 Å². The van der Waals surface area contributed by atoms with Crippen molar-refractivity contribution in [2.45, 2.75) is 6.04 Å². The van der Waals surface area contributed by atoms with Gasteiger partial charge in [0.15, 0.2) is 0 Å². The first kappa shape index (κ1) is 18.4. The standard InChI is InChI=1S/C26H20N2OS/c29-26(28-25(18-8-3-1-4-9-18)19-10-5-2-6-11-19)24-15-14-23(30-24)21-12-7-13-22-20(21)16-17-27-22/h1-17,25,27H,(H,28,29). The van der Waals surface area contributed by atoms with Gasteiger partial charge < -0.3 is 10.3 Å². The van der Waals surface area contributed by atoms with E-state index in [2.05, 4.69) is 28.5 Å². The predicted molar refractivity (Wildman–Crippen MR) is 124 cm³/mol. The van der Waals surface area contributed by atoms with Crippen molar-refractivity contribution in [1.29, 1.82) is 0 Å². The molecule has 0 aliphatic carbocycles. The van der Waals surface area contributed by atoms with Crippen molar-refractivity contribution in [1.82, 2.24) is 10.3 Å². The summed E-state index contributed by atoms with van der Waals surface area (Å²) in [4.78, 5) is 18.2. The molecule has 0 saturated heterocycles. The molecule has 30 heavy (non-hydrogen) atoms. The van der Waals surface area contributed by atoms with E-state index in [9.17, 15) is 4.79 Å². The Hall–Kier alpha value is -3.63. The maximum absolute atomic E-state index is 13.2. The van der Waals surface area contributed by atoms with E-state index in [1.807, 2.05) is 85.1 Å². The first-order valence-corrected chi connectivity index (χ1v) is 10.7. The molecule has 0 spiro atoms. The molecule has 3 nitrogen and oxygen atoms in total. The van der Waals surface area contributed by atoms with Crippen LogP contribution in [0, 0.1) is 0 Å². The number of aromatic amines is 1. The number of thiophene rings is 1. The summed E-state index contributed by atoms with van der Waals surface area (Å²) in [6.45, 7) is 0. The molecule has 0 aliphatic rings. The topological polar surface area (TPSA) is 44.9 Å². The second-order valence-electron chi connectivity index (χ2n) is 7.14. The van der Waals surface area contributed by atoms with Crippen LogP contribution in [0.25, 0.3) is 21.3 Å². The highest BCUT2D eigenvalue weighted by atomic mass is 32.1. The molecule has 5 aromatic rings. The summed E-state index contributed by atoms with van der Waals surface area (Å²) in [7, 11) is 0. The second-order valence-corrected chi connectivity index (χ2v) is 8.22. The third-order valence-electron chi connectivity index (χ3n) is 5.23. The molecule has 2 aromatic heterocycles. The molecule has 2 heterocycles. The minimum Gasteiger partial charge on any atom is -0.361 e. The zero-order valence-corrected chi connectivity index (χ0v) is 17.0. The molecule has 2 N–H and O–H groups in total. The Balaban J connectivity index is 1.45. The van der Waals surface area contributed by atoms with Crippen LogP contribution in [0.3, 0.4) is 0 Å². The average molecular weight is 409 g/mol. The maximum atomic E-state index is 13.2. The number of hydrogen-bond acceptors (Lipinski definition) is 2. The SMILES string of the molecule is O=C(NC(c1ccccc1)c1ccccc1)c1ccc(-c2cccc3[nH]ccc23)s1. The van der Waals surface area contributed by atoms with E-state index in [-0.39, 0.29) is 11.9 Å². The zero-order valence-electron chi connectivity index (χ0n) is 16.2.